The van der Waals surface area contributed by atoms with Crippen molar-refractivity contribution in [2.45, 2.75) is 51.1 Å². The Kier molecular flexibility index (Phi) is 5.04. The smallest absolute Gasteiger partial charge is 0.189 e. The highest BCUT2D eigenvalue weighted by Crippen LogP contribution is 2.31. The van der Waals surface area contributed by atoms with E-state index in [4.69, 9.17) is 10.5 Å². The summed E-state index contributed by atoms with van der Waals surface area (Å²) in [7, 11) is 0. The second kappa shape index (κ2) is 7.76. The van der Waals surface area contributed by atoms with Crippen LogP contribution >= 0.6 is 0 Å². The number of aliphatic imine (C=N–C) groups is 1. The summed E-state index contributed by atoms with van der Waals surface area (Å²) < 4.78 is 7.95. The van der Waals surface area contributed by atoms with Gasteiger partial charge in [0.05, 0.1) is 12.6 Å². The lowest BCUT2D eigenvalue weighted by atomic mass is 10.0. The van der Waals surface area contributed by atoms with Gasteiger partial charge in [-0.1, -0.05) is 24.6 Å². The maximum absolute atomic E-state index is 6.12. The summed E-state index contributed by atoms with van der Waals surface area (Å²) in [5.74, 6) is 3.54. The van der Waals surface area contributed by atoms with Crippen LogP contribution in [0.3, 0.4) is 0 Å². The minimum atomic E-state index is 0.146. The van der Waals surface area contributed by atoms with Gasteiger partial charge in [-0.05, 0) is 18.9 Å². The summed E-state index contributed by atoms with van der Waals surface area (Å²) in [4.78, 5) is 4.50. The average molecular weight is 354 g/mol. The van der Waals surface area contributed by atoms with Gasteiger partial charge in [0.15, 0.2) is 5.96 Å². The fourth-order valence-electron chi connectivity index (χ4n) is 3.72. The van der Waals surface area contributed by atoms with E-state index in [0.717, 1.165) is 48.8 Å². The van der Waals surface area contributed by atoms with Crippen LogP contribution in [-0.2, 0) is 19.4 Å². The number of hydrogen-bond donors (Lipinski definition) is 2. The highest BCUT2D eigenvalue weighted by atomic mass is 16.5. The average Bonchev–Trinajstić information content (AvgIpc) is 2.88. The Balaban J connectivity index is 1.36. The number of rotatable bonds is 4. The molecule has 0 fully saturated rings. The highest BCUT2D eigenvalue weighted by molar-refractivity contribution is 5.78. The Bertz CT molecular complexity index is 784. The highest BCUT2D eigenvalue weighted by Gasteiger charge is 2.21. The molecule has 2 aromatic rings. The van der Waals surface area contributed by atoms with Gasteiger partial charge < -0.3 is 20.4 Å². The lowest BCUT2D eigenvalue weighted by Crippen LogP contribution is -2.37. The van der Waals surface area contributed by atoms with Crippen molar-refractivity contribution in [2.75, 3.05) is 13.2 Å². The molecule has 138 valence electrons. The Labute approximate surface area is 153 Å². The molecule has 3 N–H and O–H groups in total. The Morgan fingerprint density at radius 2 is 2.19 bits per heavy atom. The minimum Gasteiger partial charge on any atom is -0.493 e. The minimum absolute atomic E-state index is 0.146. The second-order valence-electron chi connectivity index (χ2n) is 6.88. The SMILES string of the molecule is NC(=NCCc1nnc2n1CCCCC2)NC1CCOc2ccccc21. The predicted octanol–water partition coefficient (Wildman–Crippen LogP) is 1.98. The van der Waals surface area contributed by atoms with Gasteiger partial charge in [0, 0.05) is 37.9 Å². The van der Waals surface area contributed by atoms with Gasteiger partial charge in [-0.25, -0.2) is 0 Å². The first-order chi connectivity index (χ1) is 12.8. The van der Waals surface area contributed by atoms with E-state index < -0.39 is 0 Å². The third kappa shape index (κ3) is 3.66. The number of nitrogens with two attached hydrogens (primary N) is 1. The largest absolute Gasteiger partial charge is 0.493 e. The molecule has 7 nitrogen and oxygen atoms in total. The van der Waals surface area contributed by atoms with Gasteiger partial charge in [-0.15, -0.1) is 10.2 Å². The predicted molar refractivity (Wildman–Crippen MR) is 100 cm³/mol. The van der Waals surface area contributed by atoms with Crippen LogP contribution in [0.5, 0.6) is 5.75 Å². The summed E-state index contributed by atoms with van der Waals surface area (Å²) in [5.41, 5.74) is 7.26. The molecular weight excluding hydrogens is 328 g/mol. The van der Waals surface area contributed by atoms with Crippen LogP contribution in [0.15, 0.2) is 29.3 Å². The summed E-state index contributed by atoms with van der Waals surface area (Å²) in [5, 5.41) is 12.0. The number of aryl methyl sites for hydroxylation is 1. The second-order valence-corrected chi connectivity index (χ2v) is 6.88. The number of aromatic nitrogens is 3. The molecule has 4 rings (SSSR count). The van der Waals surface area contributed by atoms with Crippen molar-refractivity contribution < 1.29 is 4.74 Å². The van der Waals surface area contributed by atoms with E-state index in [1.54, 1.807) is 0 Å². The monoisotopic (exact) mass is 354 g/mol. The van der Waals surface area contributed by atoms with Gasteiger partial charge in [0.25, 0.3) is 0 Å². The van der Waals surface area contributed by atoms with Crippen LogP contribution in [-0.4, -0.2) is 33.9 Å². The summed E-state index contributed by atoms with van der Waals surface area (Å²) in [6, 6.07) is 8.22. The van der Waals surface area contributed by atoms with Crippen LogP contribution < -0.4 is 15.8 Å². The molecule has 1 unspecified atom stereocenters. The van der Waals surface area contributed by atoms with Gasteiger partial charge in [0.1, 0.15) is 17.4 Å². The van der Waals surface area contributed by atoms with Crippen molar-refractivity contribution in [3.63, 3.8) is 0 Å². The number of benzene rings is 1. The first-order valence-corrected chi connectivity index (χ1v) is 9.50. The molecule has 0 aliphatic carbocycles. The maximum atomic E-state index is 6.12. The van der Waals surface area contributed by atoms with Crippen LogP contribution in [0.25, 0.3) is 0 Å². The lowest BCUT2D eigenvalue weighted by molar-refractivity contribution is 0.262. The molecule has 1 atom stereocenters. The number of guanidine groups is 1. The van der Waals surface area contributed by atoms with E-state index >= 15 is 0 Å². The molecule has 2 aliphatic heterocycles. The fourth-order valence-corrected chi connectivity index (χ4v) is 3.72. The molecular formula is C19H26N6O. The number of nitrogens with zero attached hydrogens (tertiary/aromatic N) is 4. The van der Waals surface area contributed by atoms with Gasteiger partial charge in [-0.3, -0.25) is 4.99 Å². The van der Waals surface area contributed by atoms with E-state index in [2.05, 4.69) is 31.1 Å². The molecule has 0 amide bonds. The van der Waals surface area contributed by atoms with E-state index in [9.17, 15) is 0 Å². The first kappa shape index (κ1) is 16.9. The van der Waals surface area contributed by atoms with Crippen molar-refractivity contribution in [2.24, 2.45) is 10.7 Å². The quantitative estimate of drug-likeness (QED) is 0.647. The summed E-state index contributed by atoms with van der Waals surface area (Å²) >= 11 is 0. The third-order valence-corrected chi connectivity index (χ3v) is 5.08. The Morgan fingerprint density at radius 1 is 1.27 bits per heavy atom. The Morgan fingerprint density at radius 3 is 3.15 bits per heavy atom. The number of nitrogens with one attached hydrogen (secondary N) is 1. The number of fused-ring (bicyclic) bond motifs is 2. The molecule has 1 aromatic carbocycles. The molecule has 1 aromatic heterocycles. The maximum Gasteiger partial charge on any atom is 0.189 e. The first-order valence-electron chi connectivity index (χ1n) is 9.50. The molecule has 7 heteroatoms. The zero-order chi connectivity index (χ0) is 17.8. The molecule has 0 bridgehead atoms. The van der Waals surface area contributed by atoms with Crippen molar-refractivity contribution in [1.29, 1.82) is 0 Å². The molecule has 0 saturated carbocycles. The van der Waals surface area contributed by atoms with E-state index in [1.807, 2.05) is 18.2 Å². The van der Waals surface area contributed by atoms with Crippen LogP contribution in [0.4, 0.5) is 0 Å². The van der Waals surface area contributed by atoms with Crippen molar-refractivity contribution in [3.05, 3.63) is 41.5 Å². The topological polar surface area (TPSA) is 90.4 Å². The fraction of sp³-hybridized carbons (Fsp3) is 0.526. The van der Waals surface area contributed by atoms with Crippen LogP contribution in [0, 0.1) is 0 Å². The molecule has 26 heavy (non-hydrogen) atoms. The molecule has 0 saturated heterocycles. The van der Waals surface area contributed by atoms with Gasteiger partial charge >= 0.3 is 0 Å². The molecule has 3 heterocycles. The molecule has 0 radical (unpaired) electrons. The standard InChI is InChI=1S/C19H26N6O/c20-19(22-15-10-13-26-16-7-4-3-6-14(15)16)21-11-9-18-24-23-17-8-2-1-5-12-25(17)18/h3-4,6-7,15H,1-2,5,8-13H2,(H3,20,21,22). The van der Waals surface area contributed by atoms with Crippen molar-refractivity contribution in [1.82, 2.24) is 20.1 Å². The third-order valence-electron chi connectivity index (χ3n) is 5.08. The normalized spacial score (nSPS) is 19.8. The van der Waals surface area contributed by atoms with E-state index in [0.29, 0.717) is 19.1 Å². The van der Waals surface area contributed by atoms with Gasteiger partial charge in [-0.2, -0.15) is 0 Å². The van der Waals surface area contributed by atoms with E-state index in [1.165, 1.54) is 19.3 Å². The van der Waals surface area contributed by atoms with E-state index in [-0.39, 0.29) is 6.04 Å². The van der Waals surface area contributed by atoms with Crippen molar-refractivity contribution in [3.8, 4) is 5.75 Å². The Hall–Kier alpha value is -2.57. The number of ether oxygens (including phenoxy) is 1. The zero-order valence-corrected chi connectivity index (χ0v) is 15.0. The summed E-state index contributed by atoms with van der Waals surface area (Å²) in [6.07, 6.45) is 6.35. The molecule has 2 aliphatic rings. The van der Waals surface area contributed by atoms with Crippen LogP contribution in [0.2, 0.25) is 0 Å². The van der Waals surface area contributed by atoms with Gasteiger partial charge in [0.2, 0.25) is 0 Å². The number of para-hydroxylation sites is 1. The zero-order valence-electron chi connectivity index (χ0n) is 15.0. The summed E-state index contributed by atoms with van der Waals surface area (Å²) in [6.45, 7) is 2.32. The van der Waals surface area contributed by atoms with Crippen LogP contribution in [0.1, 0.15) is 48.9 Å². The molecule has 0 spiro atoms. The van der Waals surface area contributed by atoms with Crippen molar-refractivity contribution >= 4 is 5.96 Å². The lowest BCUT2D eigenvalue weighted by Gasteiger charge is -2.26. The number of hydrogen-bond acceptors (Lipinski definition) is 4.